The van der Waals surface area contributed by atoms with E-state index in [1.807, 2.05) is 11.8 Å². The third kappa shape index (κ3) is 9.39. The lowest BCUT2D eigenvalue weighted by Crippen LogP contribution is -2.59. The van der Waals surface area contributed by atoms with Gasteiger partial charge in [-0.1, -0.05) is 62.3 Å². The monoisotopic (exact) mass is 650 g/mol. The molecule has 2 heterocycles. The summed E-state index contributed by atoms with van der Waals surface area (Å²) in [6, 6.07) is 0. The number of methoxy groups -OCH3 is 1. The second-order valence-electron chi connectivity index (χ2n) is 17.0. The maximum absolute atomic E-state index is 7.18. The summed E-state index contributed by atoms with van der Waals surface area (Å²) in [7, 11) is -4.37. The van der Waals surface area contributed by atoms with Crippen molar-refractivity contribution in [2.75, 3.05) is 7.11 Å². The first kappa shape index (κ1) is 37.9. The standard InChI is InChI=1S/C31H66O6SSi3/c1-21-27(37-41(17,18)31(9,10)11)23(35-39(13,14)29(3,4)5)20-26(34-21)38-28-22(2)33-25(32-12)19-24(28)36-40(15,16)30(6,7)8/h21-28H,19-20H2,1-18H3/t21?,22?,23-,24-,25-,26-,27?,28?/m1/s1. The molecular weight excluding hydrogens is 585 g/mol. The summed E-state index contributed by atoms with van der Waals surface area (Å²) in [5, 5.41) is 0.486. The first-order chi connectivity index (χ1) is 18.2. The van der Waals surface area contributed by atoms with Crippen molar-refractivity contribution in [3.05, 3.63) is 0 Å². The lowest BCUT2D eigenvalue weighted by Gasteiger charge is -2.51. The van der Waals surface area contributed by atoms with E-state index in [9.17, 15) is 0 Å². The molecule has 2 fully saturated rings. The van der Waals surface area contributed by atoms with Gasteiger partial charge in [0.15, 0.2) is 31.2 Å². The third-order valence-electron chi connectivity index (χ3n) is 10.6. The second kappa shape index (κ2) is 13.2. The van der Waals surface area contributed by atoms with Crippen LogP contribution in [0.15, 0.2) is 0 Å². The van der Waals surface area contributed by atoms with Crippen LogP contribution in [0.25, 0.3) is 0 Å². The van der Waals surface area contributed by atoms with Crippen LogP contribution in [-0.2, 0) is 27.5 Å². The van der Waals surface area contributed by atoms with Crippen LogP contribution in [0.1, 0.15) is 89.0 Å². The zero-order valence-electron chi connectivity index (χ0n) is 29.9. The molecule has 0 bridgehead atoms. The number of rotatable bonds is 9. The number of hydrogen-bond donors (Lipinski definition) is 0. The predicted octanol–water partition coefficient (Wildman–Crippen LogP) is 9.18. The fourth-order valence-corrected chi connectivity index (χ4v) is 10.3. The van der Waals surface area contributed by atoms with Crippen molar-refractivity contribution in [2.24, 2.45) is 0 Å². The van der Waals surface area contributed by atoms with Crippen LogP contribution in [-0.4, -0.2) is 79.6 Å². The van der Waals surface area contributed by atoms with E-state index >= 15 is 0 Å². The van der Waals surface area contributed by atoms with Gasteiger partial charge in [0.25, 0.3) is 0 Å². The summed E-state index contributed by atoms with van der Waals surface area (Å²) < 4.78 is 40.1. The highest BCUT2D eigenvalue weighted by atomic mass is 32.2. The van der Waals surface area contributed by atoms with Gasteiger partial charge >= 0.3 is 0 Å². The molecule has 0 radical (unpaired) electrons. The minimum absolute atomic E-state index is 0.0161. The van der Waals surface area contributed by atoms with Crippen molar-refractivity contribution in [2.45, 2.75) is 191 Å². The van der Waals surface area contributed by atoms with Gasteiger partial charge < -0.3 is 27.5 Å². The van der Waals surface area contributed by atoms with Crippen LogP contribution in [0, 0.1) is 0 Å². The smallest absolute Gasteiger partial charge is 0.192 e. The lowest BCUT2D eigenvalue weighted by molar-refractivity contribution is -0.194. The van der Waals surface area contributed by atoms with Gasteiger partial charge in [0, 0.05) is 20.0 Å². The fraction of sp³-hybridized carbons (Fsp3) is 1.00. The molecule has 4 unspecified atom stereocenters. The van der Waals surface area contributed by atoms with Gasteiger partial charge in [0.1, 0.15) is 5.44 Å². The molecule has 10 heteroatoms. The minimum atomic E-state index is -2.05. The summed E-state index contributed by atoms with van der Waals surface area (Å²) in [6.07, 6.45) is 1.12. The maximum atomic E-state index is 7.18. The van der Waals surface area contributed by atoms with Crippen molar-refractivity contribution in [3.8, 4) is 0 Å². The van der Waals surface area contributed by atoms with E-state index in [1.165, 1.54) is 0 Å². The van der Waals surface area contributed by atoms with Gasteiger partial charge in [-0.15, -0.1) is 11.8 Å². The van der Waals surface area contributed by atoms with Crippen molar-refractivity contribution < 1.29 is 27.5 Å². The molecule has 0 spiro atoms. The Morgan fingerprint density at radius 3 is 1.49 bits per heavy atom. The molecule has 0 aromatic carbocycles. The van der Waals surface area contributed by atoms with Crippen molar-refractivity contribution in [1.82, 2.24) is 0 Å². The van der Waals surface area contributed by atoms with E-state index in [2.05, 4.69) is 115 Å². The van der Waals surface area contributed by atoms with E-state index in [-0.39, 0.29) is 62.6 Å². The topological polar surface area (TPSA) is 55.4 Å². The SMILES string of the molecule is CO[C@H]1C[C@@H](O[Si](C)(C)C(C)(C)C)C(S[C@@H]2C[C@@H](O[Si](C)(C)C(C)(C)C)C(O[Si](C)(C)C(C)(C)C)C(C)O2)C(C)O1. The Labute approximate surface area is 261 Å². The predicted molar refractivity (Wildman–Crippen MR) is 183 cm³/mol. The summed E-state index contributed by atoms with van der Waals surface area (Å²) in [4.78, 5) is 0. The molecule has 0 amide bonds. The van der Waals surface area contributed by atoms with E-state index < -0.39 is 25.0 Å². The molecule has 2 saturated heterocycles. The summed E-state index contributed by atoms with van der Waals surface area (Å²) >= 11 is 1.87. The van der Waals surface area contributed by atoms with Crippen LogP contribution in [0.3, 0.4) is 0 Å². The molecule has 0 aromatic heterocycles. The highest BCUT2D eigenvalue weighted by Gasteiger charge is 2.51. The van der Waals surface area contributed by atoms with Crippen LogP contribution < -0.4 is 0 Å². The van der Waals surface area contributed by atoms with Crippen molar-refractivity contribution in [1.29, 1.82) is 0 Å². The van der Waals surface area contributed by atoms with E-state index in [4.69, 9.17) is 27.5 Å². The molecule has 8 atom stereocenters. The zero-order valence-corrected chi connectivity index (χ0v) is 33.7. The summed E-state index contributed by atoms with van der Waals surface area (Å²) in [5.41, 5.74) is -0.0281. The molecule has 2 aliphatic heterocycles. The Bertz CT molecular complexity index is 848. The Kier molecular flexibility index (Phi) is 12.3. The van der Waals surface area contributed by atoms with Crippen LogP contribution >= 0.6 is 11.8 Å². The Morgan fingerprint density at radius 2 is 1.05 bits per heavy atom. The maximum Gasteiger partial charge on any atom is 0.192 e. The first-order valence-corrected chi connectivity index (χ1v) is 25.4. The number of thioether (sulfide) groups is 1. The van der Waals surface area contributed by atoms with E-state index in [0.29, 0.717) is 0 Å². The largest absolute Gasteiger partial charge is 0.413 e. The molecule has 6 nitrogen and oxygen atoms in total. The zero-order chi connectivity index (χ0) is 32.0. The summed E-state index contributed by atoms with van der Waals surface area (Å²) in [6.45, 7) is 39.1. The average molecular weight is 651 g/mol. The quantitative estimate of drug-likeness (QED) is 0.231. The van der Waals surface area contributed by atoms with E-state index in [0.717, 1.165) is 12.8 Å². The molecule has 0 saturated carbocycles. The van der Waals surface area contributed by atoms with Gasteiger partial charge in [-0.3, -0.25) is 0 Å². The van der Waals surface area contributed by atoms with Crippen LogP contribution in [0.4, 0.5) is 0 Å². The normalized spacial score (nSPS) is 33.2. The lowest BCUT2D eigenvalue weighted by atomic mass is 10.0. The van der Waals surface area contributed by atoms with E-state index in [1.54, 1.807) is 7.11 Å². The first-order valence-electron chi connectivity index (χ1n) is 15.7. The molecule has 244 valence electrons. The highest BCUT2D eigenvalue weighted by Crippen LogP contribution is 2.47. The fourth-order valence-electron chi connectivity index (χ4n) is 4.64. The molecule has 0 aromatic rings. The third-order valence-corrected chi connectivity index (χ3v) is 25.6. The molecule has 41 heavy (non-hydrogen) atoms. The molecule has 0 aliphatic carbocycles. The minimum Gasteiger partial charge on any atom is -0.413 e. The van der Waals surface area contributed by atoms with Gasteiger partial charge in [-0.2, -0.15) is 0 Å². The second-order valence-corrected chi connectivity index (χ2v) is 32.6. The highest BCUT2D eigenvalue weighted by molar-refractivity contribution is 8.00. The van der Waals surface area contributed by atoms with Gasteiger partial charge in [-0.25, -0.2) is 0 Å². The summed E-state index contributed by atoms with van der Waals surface area (Å²) in [5.74, 6) is 0. The molecule has 2 rings (SSSR count). The molecule has 0 N–H and O–H groups in total. The molecular formula is C31H66O6SSi3. The average Bonchev–Trinajstić information content (AvgIpc) is 2.75. The Morgan fingerprint density at radius 1 is 0.610 bits per heavy atom. The van der Waals surface area contributed by atoms with Gasteiger partial charge in [0.2, 0.25) is 0 Å². The van der Waals surface area contributed by atoms with Crippen molar-refractivity contribution >= 4 is 36.7 Å². The van der Waals surface area contributed by atoms with Gasteiger partial charge in [-0.05, 0) is 68.2 Å². The van der Waals surface area contributed by atoms with Crippen LogP contribution in [0.5, 0.6) is 0 Å². The Hall–Kier alpha value is 0.761. The van der Waals surface area contributed by atoms with Gasteiger partial charge in [0.05, 0.1) is 35.8 Å². The molecule has 2 aliphatic rings. The van der Waals surface area contributed by atoms with Crippen LogP contribution in [0.2, 0.25) is 54.4 Å². The number of hydrogen-bond acceptors (Lipinski definition) is 7. The number of ether oxygens (including phenoxy) is 3. The Balaban J connectivity index is 2.38. The van der Waals surface area contributed by atoms with Crippen molar-refractivity contribution in [3.63, 3.8) is 0 Å².